The summed E-state index contributed by atoms with van der Waals surface area (Å²) in [6.45, 7) is 2.73. The Morgan fingerprint density at radius 3 is 2.57 bits per heavy atom. The lowest BCUT2D eigenvalue weighted by molar-refractivity contribution is 0.0930. The Labute approximate surface area is 176 Å². The van der Waals surface area contributed by atoms with Gasteiger partial charge in [-0.05, 0) is 74.0 Å². The summed E-state index contributed by atoms with van der Waals surface area (Å²) in [7, 11) is 4.03. The van der Waals surface area contributed by atoms with Crippen LogP contribution in [0.15, 0.2) is 65.1 Å². The SMILES string of the molecule is Cc1cc2cc(CN(C)C)oc2cc1C(=O)NC1(c2cccc3ccccc23)CC1. The van der Waals surface area contributed by atoms with E-state index in [-0.39, 0.29) is 11.4 Å². The van der Waals surface area contributed by atoms with Gasteiger partial charge < -0.3 is 14.6 Å². The summed E-state index contributed by atoms with van der Waals surface area (Å²) in [6, 6.07) is 20.7. The molecule has 0 spiro atoms. The number of fused-ring (bicyclic) bond motifs is 2. The highest BCUT2D eigenvalue weighted by Gasteiger charge is 2.46. The molecule has 1 heterocycles. The lowest BCUT2D eigenvalue weighted by Gasteiger charge is -2.20. The van der Waals surface area contributed by atoms with Gasteiger partial charge >= 0.3 is 0 Å². The molecule has 4 nitrogen and oxygen atoms in total. The van der Waals surface area contributed by atoms with Gasteiger partial charge in [-0.2, -0.15) is 0 Å². The summed E-state index contributed by atoms with van der Waals surface area (Å²) >= 11 is 0. The minimum atomic E-state index is -0.279. The van der Waals surface area contributed by atoms with Crippen LogP contribution in [0.2, 0.25) is 0 Å². The van der Waals surface area contributed by atoms with Crippen molar-refractivity contribution >= 4 is 27.6 Å². The lowest BCUT2D eigenvalue weighted by atomic mass is 9.96. The number of carbonyl (C=O) groups is 1. The second-order valence-electron chi connectivity index (χ2n) is 8.72. The van der Waals surface area contributed by atoms with Crippen molar-refractivity contribution in [1.82, 2.24) is 10.2 Å². The van der Waals surface area contributed by atoms with E-state index in [2.05, 4.69) is 58.7 Å². The van der Waals surface area contributed by atoms with Crippen LogP contribution in [0.3, 0.4) is 0 Å². The number of hydrogen-bond acceptors (Lipinski definition) is 3. The van der Waals surface area contributed by atoms with Crippen molar-refractivity contribution in [2.75, 3.05) is 14.1 Å². The first-order chi connectivity index (χ1) is 14.4. The van der Waals surface area contributed by atoms with Crippen molar-refractivity contribution in [1.29, 1.82) is 0 Å². The first-order valence-electron chi connectivity index (χ1n) is 10.4. The van der Waals surface area contributed by atoms with Crippen LogP contribution in [0, 0.1) is 6.92 Å². The molecule has 5 rings (SSSR count). The Hall–Kier alpha value is -3.11. The molecule has 0 unspecified atom stereocenters. The van der Waals surface area contributed by atoms with Crippen LogP contribution in [-0.2, 0) is 12.1 Å². The monoisotopic (exact) mass is 398 g/mol. The third-order valence-electron chi connectivity index (χ3n) is 6.04. The number of amides is 1. The largest absolute Gasteiger partial charge is 0.460 e. The average Bonchev–Trinajstić information content (AvgIpc) is 3.39. The van der Waals surface area contributed by atoms with E-state index in [4.69, 9.17) is 4.42 Å². The maximum absolute atomic E-state index is 13.3. The zero-order valence-electron chi connectivity index (χ0n) is 17.7. The second-order valence-corrected chi connectivity index (χ2v) is 8.72. The van der Waals surface area contributed by atoms with Crippen LogP contribution in [-0.4, -0.2) is 24.9 Å². The molecule has 0 bridgehead atoms. The normalized spacial score (nSPS) is 15.1. The third kappa shape index (κ3) is 3.27. The molecule has 30 heavy (non-hydrogen) atoms. The number of aryl methyl sites for hydroxylation is 1. The highest BCUT2D eigenvalue weighted by molar-refractivity contribution is 6.00. The van der Waals surface area contributed by atoms with E-state index < -0.39 is 0 Å². The smallest absolute Gasteiger partial charge is 0.252 e. The van der Waals surface area contributed by atoms with Crippen molar-refractivity contribution in [2.45, 2.75) is 31.8 Å². The molecule has 0 atom stereocenters. The summed E-state index contributed by atoms with van der Waals surface area (Å²) in [6.07, 6.45) is 1.92. The molecule has 152 valence electrons. The van der Waals surface area contributed by atoms with Crippen LogP contribution >= 0.6 is 0 Å². The maximum Gasteiger partial charge on any atom is 0.252 e. The van der Waals surface area contributed by atoms with E-state index in [0.717, 1.165) is 41.7 Å². The van der Waals surface area contributed by atoms with Crippen LogP contribution in [0.4, 0.5) is 0 Å². The molecule has 1 amide bonds. The molecule has 0 aliphatic heterocycles. The van der Waals surface area contributed by atoms with E-state index in [1.807, 2.05) is 33.2 Å². The predicted octanol–water partition coefficient (Wildman–Crippen LogP) is 5.38. The number of carbonyl (C=O) groups excluding carboxylic acids is 1. The molecule has 1 saturated carbocycles. The molecule has 4 aromatic rings. The first kappa shape index (κ1) is 18.9. The van der Waals surface area contributed by atoms with Gasteiger partial charge in [-0.3, -0.25) is 4.79 Å². The number of furan rings is 1. The molecule has 1 N–H and O–H groups in total. The van der Waals surface area contributed by atoms with E-state index in [9.17, 15) is 4.79 Å². The van der Waals surface area contributed by atoms with Crippen molar-refractivity contribution in [3.63, 3.8) is 0 Å². The lowest BCUT2D eigenvalue weighted by Crippen LogP contribution is -2.35. The van der Waals surface area contributed by atoms with Crippen LogP contribution in [0.5, 0.6) is 0 Å². The van der Waals surface area contributed by atoms with Gasteiger partial charge in [0.15, 0.2) is 0 Å². The fraction of sp³-hybridized carbons (Fsp3) is 0.269. The first-order valence-corrected chi connectivity index (χ1v) is 10.4. The Bertz CT molecular complexity index is 1260. The molecule has 1 aromatic heterocycles. The Balaban J connectivity index is 1.47. The summed E-state index contributed by atoms with van der Waals surface area (Å²) in [4.78, 5) is 15.4. The number of rotatable bonds is 5. The van der Waals surface area contributed by atoms with Gasteiger partial charge in [0, 0.05) is 10.9 Å². The predicted molar refractivity (Wildman–Crippen MR) is 121 cm³/mol. The molecule has 0 saturated heterocycles. The van der Waals surface area contributed by atoms with Crippen LogP contribution in [0.25, 0.3) is 21.7 Å². The highest BCUT2D eigenvalue weighted by atomic mass is 16.3. The second kappa shape index (κ2) is 6.99. The molecular formula is C26H26N2O2. The highest BCUT2D eigenvalue weighted by Crippen LogP contribution is 2.48. The van der Waals surface area contributed by atoms with Crippen molar-refractivity contribution in [3.8, 4) is 0 Å². The minimum Gasteiger partial charge on any atom is -0.460 e. The van der Waals surface area contributed by atoms with Gasteiger partial charge in [-0.15, -0.1) is 0 Å². The summed E-state index contributed by atoms with van der Waals surface area (Å²) in [5.74, 6) is 0.867. The van der Waals surface area contributed by atoms with Gasteiger partial charge in [0.05, 0.1) is 12.1 Å². The molecule has 0 radical (unpaired) electrons. The third-order valence-corrected chi connectivity index (χ3v) is 6.04. The maximum atomic E-state index is 13.3. The number of nitrogens with one attached hydrogen (secondary N) is 1. The van der Waals surface area contributed by atoms with Crippen LogP contribution in [0.1, 0.15) is 40.1 Å². The molecule has 4 heteroatoms. The summed E-state index contributed by atoms with van der Waals surface area (Å²) in [5, 5.41) is 6.80. The zero-order chi connectivity index (χ0) is 20.9. The average molecular weight is 399 g/mol. The van der Waals surface area contributed by atoms with E-state index >= 15 is 0 Å². The fourth-order valence-electron chi connectivity index (χ4n) is 4.40. The quantitative estimate of drug-likeness (QED) is 0.491. The van der Waals surface area contributed by atoms with E-state index in [0.29, 0.717) is 5.56 Å². The standard InChI is InChI=1S/C26H26N2O2/c1-17-13-19-14-20(16-28(2)3)30-24(19)15-22(17)25(29)27-26(11-12-26)23-10-6-8-18-7-4-5-9-21(18)23/h4-10,13-15H,11-12,16H2,1-3H3,(H,27,29). The Morgan fingerprint density at radius 2 is 1.80 bits per heavy atom. The Morgan fingerprint density at radius 1 is 1.03 bits per heavy atom. The summed E-state index contributed by atoms with van der Waals surface area (Å²) in [5.41, 5.74) is 3.33. The van der Waals surface area contributed by atoms with Gasteiger partial charge in [0.1, 0.15) is 11.3 Å². The van der Waals surface area contributed by atoms with Crippen molar-refractivity contribution in [3.05, 3.63) is 83.1 Å². The van der Waals surface area contributed by atoms with Gasteiger partial charge in [-0.1, -0.05) is 42.5 Å². The van der Waals surface area contributed by atoms with Gasteiger partial charge in [0.2, 0.25) is 0 Å². The minimum absolute atomic E-state index is 0.0367. The van der Waals surface area contributed by atoms with E-state index in [1.165, 1.54) is 16.3 Å². The molecule has 3 aromatic carbocycles. The molecule has 1 aliphatic carbocycles. The zero-order valence-corrected chi connectivity index (χ0v) is 17.7. The topological polar surface area (TPSA) is 45.5 Å². The summed E-state index contributed by atoms with van der Waals surface area (Å²) < 4.78 is 5.99. The van der Waals surface area contributed by atoms with Crippen molar-refractivity contribution in [2.24, 2.45) is 0 Å². The van der Waals surface area contributed by atoms with Crippen molar-refractivity contribution < 1.29 is 9.21 Å². The number of hydrogen-bond donors (Lipinski definition) is 1. The van der Waals surface area contributed by atoms with Gasteiger partial charge in [-0.25, -0.2) is 0 Å². The molecule has 1 fully saturated rings. The molecule has 1 aliphatic rings. The van der Waals surface area contributed by atoms with E-state index in [1.54, 1.807) is 0 Å². The van der Waals surface area contributed by atoms with Gasteiger partial charge in [0.25, 0.3) is 5.91 Å². The number of benzene rings is 3. The Kier molecular flexibility index (Phi) is 4.40. The van der Waals surface area contributed by atoms with Crippen LogP contribution < -0.4 is 5.32 Å². The number of nitrogens with zero attached hydrogens (tertiary/aromatic N) is 1. The fourth-order valence-corrected chi connectivity index (χ4v) is 4.40. The molecular weight excluding hydrogens is 372 g/mol.